The van der Waals surface area contributed by atoms with Crippen molar-refractivity contribution >= 4 is 36.2 Å². The number of allylic oxidation sites excluding steroid dienone is 4. The molecule has 0 saturated heterocycles. The molecule has 174 valence electrons. The molecule has 0 spiro atoms. The molecule has 4 N–H and O–H groups in total. The first-order chi connectivity index (χ1) is 14.6. The minimum Gasteiger partial charge on any atom is -0.469 e. The lowest BCUT2D eigenvalue weighted by molar-refractivity contribution is -0.141. The van der Waals surface area contributed by atoms with E-state index in [1.807, 2.05) is 26.0 Å². The largest absolute Gasteiger partial charge is 0.469 e. The summed E-state index contributed by atoms with van der Waals surface area (Å²) in [6.45, 7) is 3.98. The van der Waals surface area contributed by atoms with E-state index in [0.717, 1.165) is 0 Å². The second-order valence-corrected chi connectivity index (χ2v) is 8.88. The van der Waals surface area contributed by atoms with Gasteiger partial charge in [-0.25, -0.2) is 0 Å². The van der Waals surface area contributed by atoms with Gasteiger partial charge in [-0.2, -0.15) is 12.6 Å². The Balaban J connectivity index is 3.02. The first-order valence-electron chi connectivity index (χ1n) is 10.5. The number of likely N-dealkylation sites (N-methyl/N-ethyl adjacent to an activating group) is 1. The molecule has 0 radical (unpaired) electrons. The number of Topliss-reactive ketones (excluding diaryl/α,β-unsaturated/α-hetero) is 1. The Morgan fingerprint density at radius 2 is 1.87 bits per heavy atom. The Bertz CT molecular complexity index is 722. The number of amides is 2. The fraction of sp³-hybridized carbons (Fsp3) is 0.636. The molecule has 1 aliphatic carbocycles. The maximum atomic E-state index is 13.3. The summed E-state index contributed by atoms with van der Waals surface area (Å²) in [6.07, 6.45) is 8.42. The zero-order valence-corrected chi connectivity index (χ0v) is 19.6. The number of hydrogen-bond donors (Lipinski definition) is 4. The van der Waals surface area contributed by atoms with E-state index in [-0.39, 0.29) is 31.0 Å². The zero-order valence-electron chi connectivity index (χ0n) is 18.7. The lowest BCUT2D eigenvalue weighted by Gasteiger charge is -2.35. The van der Waals surface area contributed by atoms with Crippen LogP contribution in [0.5, 0.6) is 0 Å². The summed E-state index contributed by atoms with van der Waals surface area (Å²) in [7, 11) is 2.73. The highest BCUT2D eigenvalue weighted by Gasteiger charge is 2.42. The molecule has 1 rings (SSSR count). The highest BCUT2D eigenvalue weighted by molar-refractivity contribution is 7.81. The number of ether oxygens (including phenoxy) is 1. The normalized spacial score (nSPS) is 20.6. The third kappa shape index (κ3) is 8.14. The van der Waals surface area contributed by atoms with Crippen LogP contribution in [-0.4, -0.2) is 55.1 Å². The number of ketones is 1. The van der Waals surface area contributed by atoms with Crippen LogP contribution in [0.3, 0.4) is 0 Å². The summed E-state index contributed by atoms with van der Waals surface area (Å²) >= 11 is 4.24. The molecule has 0 aromatic rings. The van der Waals surface area contributed by atoms with E-state index in [2.05, 4.69) is 28.0 Å². The van der Waals surface area contributed by atoms with Crippen molar-refractivity contribution in [2.24, 2.45) is 17.1 Å². The summed E-state index contributed by atoms with van der Waals surface area (Å²) in [5, 5.41) is 4.42. The summed E-state index contributed by atoms with van der Waals surface area (Å²) in [5.74, 6) is -1.27. The average Bonchev–Trinajstić information content (AvgIpc) is 2.75. The fourth-order valence-corrected chi connectivity index (χ4v) is 3.79. The topological polar surface area (TPSA) is 128 Å². The number of hydrogen-bond acceptors (Lipinski definition) is 7. The van der Waals surface area contributed by atoms with Crippen LogP contribution in [0.4, 0.5) is 0 Å². The molecule has 1 aliphatic rings. The van der Waals surface area contributed by atoms with Crippen LogP contribution in [0.1, 0.15) is 46.0 Å². The van der Waals surface area contributed by atoms with Crippen LogP contribution < -0.4 is 16.4 Å². The summed E-state index contributed by atoms with van der Waals surface area (Å²) in [5.41, 5.74) is 5.20. The molecular formula is C22H35N3O5S. The Labute approximate surface area is 189 Å². The number of thiol groups is 1. The summed E-state index contributed by atoms with van der Waals surface area (Å²) in [6, 6.07) is -1.63. The molecule has 0 bridgehead atoms. The third-order valence-electron chi connectivity index (χ3n) is 5.30. The maximum absolute atomic E-state index is 13.3. The predicted molar refractivity (Wildman–Crippen MR) is 122 cm³/mol. The van der Waals surface area contributed by atoms with Gasteiger partial charge in [0, 0.05) is 13.5 Å². The van der Waals surface area contributed by atoms with Crippen molar-refractivity contribution in [1.82, 2.24) is 10.6 Å². The number of carbonyl (C=O) groups is 4. The van der Waals surface area contributed by atoms with E-state index in [0.29, 0.717) is 12.8 Å². The molecule has 4 atom stereocenters. The van der Waals surface area contributed by atoms with Gasteiger partial charge in [0.05, 0.1) is 23.8 Å². The maximum Gasteiger partial charge on any atom is 0.305 e. The summed E-state index contributed by atoms with van der Waals surface area (Å²) in [4.78, 5) is 49.8. The molecule has 8 nitrogen and oxygen atoms in total. The van der Waals surface area contributed by atoms with Crippen molar-refractivity contribution in [3.63, 3.8) is 0 Å². The van der Waals surface area contributed by atoms with Crippen molar-refractivity contribution < 1.29 is 23.9 Å². The number of esters is 1. The molecule has 3 unspecified atom stereocenters. The number of carbonyl (C=O) groups excluding carboxylic acids is 4. The molecular weight excluding hydrogens is 418 g/mol. The van der Waals surface area contributed by atoms with Gasteiger partial charge in [0.15, 0.2) is 5.78 Å². The van der Waals surface area contributed by atoms with Crippen molar-refractivity contribution in [2.75, 3.05) is 14.2 Å². The van der Waals surface area contributed by atoms with Crippen LogP contribution in [-0.2, 0) is 23.9 Å². The van der Waals surface area contributed by atoms with Gasteiger partial charge in [0.2, 0.25) is 11.8 Å². The van der Waals surface area contributed by atoms with E-state index < -0.39 is 40.5 Å². The van der Waals surface area contributed by atoms with E-state index in [9.17, 15) is 19.2 Å². The van der Waals surface area contributed by atoms with E-state index >= 15 is 0 Å². The van der Waals surface area contributed by atoms with Gasteiger partial charge in [0.25, 0.3) is 0 Å². The SMILES string of the molecule is CNC(=O)[C@H](CC1(C(=O)C(N)CC(C)C)C=CC=CC1)NC(=O)C(S)CCC(=O)OC. The highest BCUT2D eigenvalue weighted by atomic mass is 32.1. The van der Waals surface area contributed by atoms with Crippen LogP contribution in [0.15, 0.2) is 24.3 Å². The predicted octanol–water partition coefficient (Wildman–Crippen LogP) is 1.30. The van der Waals surface area contributed by atoms with Crippen LogP contribution >= 0.6 is 12.6 Å². The lowest BCUT2D eigenvalue weighted by atomic mass is 9.70. The van der Waals surface area contributed by atoms with Crippen molar-refractivity contribution in [3.05, 3.63) is 24.3 Å². The van der Waals surface area contributed by atoms with Crippen LogP contribution in [0.2, 0.25) is 0 Å². The second-order valence-electron chi connectivity index (χ2n) is 8.26. The number of nitrogens with two attached hydrogens (primary N) is 1. The minimum absolute atomic E-state index is 0.0305. The van der Waals surface area contributed by atoms with Gasteiger partial charge in [-0.1, -0.05) is 38.2 Å². The standard InChI is InChI=1S/C22H35N3O5S/c1-14(2)12-15(23)19(27)22(10-6-5-7-11-22)13-16(20(28)24-3)25-21(29)17(31)8-9-18(26)30-4/h5-7,10,14-17,31H,8-9,11-13,23H2,1-4H3,(H,24,28)(H,25,29)/t15?,16-,17?,22?/m0/s1. The average molecular weight is 454 g/mol. The molecule has 9 heteroatoms. The number of methoxy groups -OCH3 is 1. The molecule has 0 aromatic heterocycles. The third-order valence-corrected chi connectivity index (χ3v) is 5.79. The van der Waals surface area contributed by atoms with E-state index in [1.54, 1.807) is 12.2 Å². The molecule has 0 heterocycles. The Morgan fingerprint density at radius 1 is 1.19 bits per heavy atom. The fourth-order valence-electron chi connectivity index (χ4n) is 3.59. The van der Waals surface area contributed by atoms with Gasteiger partial charge in [-0.05, 0) is 31.6 Å². The van der Waals surface area contributed by atoms with Gasteiger partial charge in [0.1, 0.15) is 6.04 Å². The smallest absolute Gasteiger partial charge is 0.305 e. The quantitative estimate of drug-likeness (QED) is 0.261. The first kappa shape index (κ1) is 26.9. The highest BCUT2D eigenvalue weighted by Crippen LogP contribution is 2.36. The van der Waals surface area contributed by atoms with Crippen LogP contribution in [0.25, 0.3) is 0 Å². The van der Waals surface area contributed by atoms with Gasteiger partial charge < -0.3 is 21.1 Å². The van der Waals surface area contributed by atoms with E-state index in [4.69, 9.17) is 5.73 Å². The lowest BCUT2D eigenvalue weighted by Crippen LogP contribution is -2.53. The Kier molecular flexibility index (Phi) is 11.0. The van der Waals surface area contributed by atoms with Crippen molar-refractivity contribution in [2.45, 2.75) is 63.3 Å². The number of rotatable bonds is 12. The number of nitrogens with one attached hydrogen (secondary N) is 2. The molecule has 2 amide bonds. The zero-order chi connectivity index (χ0) is 23.6. The monoisotopic (exact) mass is 453 g/mol. The van der Waals surface area contributed by atoms with Crippen LogP contribution in [0, 0.1) is 11.3 Å². The Morgan fingerprint density at radius 3 is 2.39 bits per heavy atom. The molecule has 0 aliphatic heterocycles. The van der Waals surface area contributed by atoms with Gasteiger partial charge in [-0.15, -0.1) is 0 Å². The second kappa shape index (κ2) is 12.7. The molecule has 31 heavy (non-hydrogen) atoms. The van der Waals surface area contributed by atoms with Gasteiger partial charge in [-0.3, -0.25) is 19.2 Å². The Hall–Kier alpha value is -2.13. The minimum atomic E-state index is -0.994. The van der Waals surface area contributed by atoms with Crippen molar-refractivity contribution in [3.8, 4) is 0 Å². The van der Waals surface area contributed by atoms with Gasteiger partial charge >= 0.3 is 5.97 Å². The molecule has 0 aromatic carbocycles. The molecule has 0 fully saturated rings. The first-order valence-corrected chi connectivity index (χ1v) is 11.0. The van der Waals surface area contributed by atoms with E-state index in [1.165, 1.54) is 14.2 Å². The van der Waals surface area contributed by atoms with Crippen molar-refractivity contribution in [1.29, 1.82) is 0 Å². The molecule has 0 saturated carbocycles. The summed E-state index contributed by atoms with van der Waals surface area (Å²) < 4.78 is 4.57.